The molecule has 0 aliphatic carbocycles. The molecule has 2 aromatic rings. The molecule has 0 radical (unpaired) electrons. The van der Waals surface area contributed by atoms with Crippen LogP contribution in [0, 0.1) is 5.82 Å². The van der Waals surface area contributed by atoms with E-state index in [1.54, 1.807) is 37.4 Å². The van der Waals surface area contributed by atoms with Crippen LogP contribution in [0.2, 0.25) is 0 Å². The third kappa shape index (κ3) is 3.76. The molecule has 0 aromatic heterocycles. The average Bonchev–Trinajstić information content (AvgIpc) is 2.46. The van der Waals surface area contributed by atoms with Gasteiger partial charge in [0.2, 0.25) is 0 Å². The van der Waals surface area contributed by atoms with E-state index in [1.807, 2.05) is 0 Å². The molecule has 0 aliphatic heterocycles. The van der Waals surface area contributed by atoms with Gasteiger partial charge in [0, 0.05) is 24.0 Å². The number of halogens is 1. The third-order valence-electron chi connectivity index (χ3n) is 2.92. The summed E-state index contributed by atoms with van der Waals surface area (Å²) in [6, 6.07) is 12.3. The lowest BCUT2D eigenvalue weighted by atomic mass is 10.2. The molecule has 0 saturated carbocycles. The van der Waals surface area contributed by atoms with Gasteiger partial charge in [0.25, 0.3) is 0 Å². The first-order valence-electron chi connectivity index (χ1n) is 6.17. The van der Waals surface area contributed by atoms with E-state index < -0.39 is 5.82 Å². The molecule has 0 bridgehead atoms. The van der Waals surface area contributed by atoms with Crippen LogP contribution < -0.4 is 16.0 Å². The van der Waals surface area contributed by atoms with E-state index in [9.17, 15) is 9.18 Å². The first kappa shape index (κ1) is 14.9. The SMILES string of the molecule is CN(C(=O)Nc1cccc(F)c1)c1ccc(C(N)=S)cc1. The summed E-state index contributed by atoms with van der Waals surface area (Å²) in [6.45, 7) is 0. The van der Waals surface area contributed by atoms with Crippen LogP contribution in [0.1, 0.15) is 5.56 Å². The van der Waals surface area contributed by atoms with Crippen LogP contribution in [0.15, 0.2) is 48.5 Å². The molecular formula is C15H14FN3OS. The van der Waals surface area contributed by atoms with Crippen molar-refractivity contribution >= 4 is 34.6 Å². The van der Waals surface area contributed by atoms with E-state index in [1.165, 1.54) is 23.1 Å². The summed E-state index contributed by atoms with van der Waals surface area (Å²) in [5, 5.41) is 2.61. The lowest BCUT2D eigenvalue weighted by Crippen LogP contribution is -2.31. The number of rotatable bonds is 3. The van der Waals surface area contributed by atoms with Gasteiger partial charge in [0.1, 0.15) is 10.8 Å². The summed E-state index contributed by atoms with van der Waals surface area (Å²) in [4.78, 5) is 13.8. The molecule has 0 aliphatic rings. The van der Waals surface area contributed by atoms with Crippen LogP contribution in [0.3, 0.4) is 0 Å². The Morgan fingerprint density at radius 1 is 1.24 bits per heavy atom. The minimum absolute atomic E-state index is 0.299. The Kier molecular flexibility index (Phi) is 4.49. The van der Waals surface area contributed by atoms with E-state index in [0.29, 0.717) is 16.4 Å². The first-order chi connectivity index (χ1) is 9.97. The van der Waals surface area contributed by atoms with Crippen molar-refractivity contribution < 1.29 is 9.18 Å². The lowest BCUT2D eigenvalue weighted by Gasteiger charge is -2.18. The van der Waals surface area contributed by atoms with Crippen molar-refractivity contribution in [1.29, 1.82) is 0 Å². The molecule has 21 heavy (non-hydrogen) atoms. The fourth-order valence-electron chi connectivity index (χ4n) is 1.74. The van der Waals surface area contributed by atoms with E-state index in [-0.39, 0.29) is 6.03 Å². The second-order valence-electron chi connectivity index (χ2n) is 4.41. The first-order valence-corrected chi connectivity index (χ1v) is 6.58. The number of amides is 2. The normalized spacial score (nSPS) is 10.0. The van der Waals surface area contributed by atoms with Gasteiger partial charge in [-0.05, 0) is 42.5 Å². The van der Waals surface area contributed by atoms with E-state index in [2.05, 4.69) is 5.32 Å². The number of nitrogens with two attached hydrogens (primary N) is 1. The molecule has 2 aromatic carbocycles. The lowest BCUT2D eigenvalue weighted by molar-refractivity contribution is 0.258. The molecule has 4 nitrogen and oxygen atoms in total. The Morgan fingerprint density at radius 2 is 1.90 bits per heavy atom. The van der Waals surface area contributed by atoms with Gasteiger partial charge in [-0.2, -0.15) is 0 Å². The molecule has 0 saturated heterocycles. The van der Waals surface area contributed by atoms with E-state index >= 15 is 0 Å². The fraction of sp³-hybridized carbons (Fsp3) is 0.0667. The topological polar surface area (TPSA) is 58.4 Å². The van der Waals surface area contributed by atoms with Gasteiger partial charge in [0.05, 0.1) is 0 Å². The smallest absolute Gasteiger partial charge is 0.326 e. The number of nitrogens with zero attached hydrogens (tertiary/aromatic N) is 1. The highest BCUT2D eigenvalue weighted by molar-refractivity contribution is 7.80. The van der Waals surface area contributed by atoms with Crippen LogP contribution in [0.5, 0.6) is 0 Å². The zero-order valence-corrected chi connectivity index (χ0v) is 12.2. The summed E-state index contributed by atoms with van der Waals surface area (Å²) < 4.78 is 13.1. The van der Waals surface area contributed by atoms with Gasteiger partial charge in [-0.1, -0.05) is 18.3 Å². The molecule has 0 unspecified atom stereocenters. The number of carbonyl (C=O) groups is 1. The van der Waals surface area contributed by atoms with Crippen LogP contribution in [-0.4, -0.2) is 18.1 Å². The summed E-state index contributed by atoms with van der Waals surface area (Å²) in [6.07, 6.45) is 0. The van der Waals surface area contributed by atoms with Crippen LogP contribution >= 0.6 is 12.2 Å². The van der Waals surface area contributed by atoms with Gasteiger partial charge in [0.15, 0.2) is 0 Å². The van der Waals surface area contributed by atoms with Crippen molar-refractivity contribution in [2.45, 2.75) is 0 Å². The van der Waals surface area contributed by atoms with Gasteiger partial charge >= 0.3 is 6.03 Å². The van der Waals surface area contributed by atoms with Gasteiger partial charge in [-0.25, -0.2) is 9.18 Å². The molecule has 0 heterocycles. The Hall–Kier alpha value is -2.47. The van der Waals surface area contributed by atoms with Gasteiger partial charge in [-0.3, -0.25) is 4.90 Å². The second kappa shape index (κ2) is 6.32. The Labute approximate surface area is 127 Å². The highest BCUT2D eigenvalue weighted by atomic mass is 32.1. The minimum Gasteiger partial charge on any atom is -0.389 e. The number of hydrogen-bond donors (Lipinski definition) is 2. The summed E-state index contributed by atoms with van der Waals surface area (Å²) in [5.74, 6) is -0.406. The van der Waals surface area contributed by atoms with Crippen molar-refractivity contribution in [2.75, 3.05) is 17.3 Å². The maximum absolute atomic E-state index is 13.1. The molecule has 108 valence electrons. The number of benzene rings is 2. The van der Waals surface area contributed by atoms with Crippen LogP contribution in [0.4, 0.5) is 20.6 Å². The minimum atomic E-state index is -0.406. The number of carbonyl (C=O) groups excluding carboxylic acids is 1. The molecule has 0 spiro atoms. The third-order valence-corrected chi connectivity index (χ3v) is 3.16. The van der Waals surface area contributed by atoms with Crippen LogP contribution in [0.25, 0.3) is 0 Å². The van der Waals surface area contributed by atoms with Crippen molar-refractivity contribution in [3.63, 3.8) is 0 Å². The molecular weight excluding hydrogens is 289 g/mol. The zero-order chi connectivity index (χ0) is 15.4. The van der Waals surface area contributed by atoms with Crippen molar-refractivity contribution in [3.05, 3.63) is 59.9 Å². The summed E-state index contributed by atoms with van der Waals surface area (Å²) in [7, 11) is 1.62. The fourth-order valence-corrected chi connectivity index (χ4v) is 1.88. The Balaban J connectivity index is 2.10. The molecule has 2 rings (SSSR count). The monoisotopic (exact) mass is 303 g/mol. The number of anilines is 2. The number of hydrogen-bond acceptors (Lipinski definition) is 2. The zero-order valence-electron chi connectivity index (χ0n) is 11.3. The standard InChI is InChI=1S/C15H14FN3OS/c1-19(13-7-5-10(6-8-13)14(17)21)15(20)18-12-4-2-3-11(16)9-12/h2-9H,1H3,(H2,17,21)(H,18,20). The van der Waals surface area contributed by atoms with Crippen molar-refractivity contribution in [1.82, 2.24) is 0 Å². The maximum atomic E-state index is 13.1. The van der Waals surface area contributed by atoms with Gasteiger partial charge in [-0.15, -0.1) is 0 Å². The van der Waals surface area contributed by atoms with Crippen molar-refractivity contribution in [3.8, 4) is 0 Å². The maximum Gasteiger partial charge on any atom is 0.326 e. The predicted molar refractivity (Wildman–Crippen MR) is 86.2 cm³/mol. The molecule has 0 atom stereocenters. The van der Waals surface area contributed by atoms with Crippen molar-refractivity contribution in [2.24, 2.45) is 5.73 Å². The van der Waals surface area contributed by atoms with E-state index in [0.717, 1.165) is 5.56 Å². The Morgan fingerprint density at radius 3 is 2.48 bits per heavy atom. The average molecular weight is 303 g/mol. The molecule has 3 N–H and O–H groups in total. The number of urea groups is 1. The number of thiocarbonyl (C=S) groups is 1. The highest BCUT2D eigenvalue weighted by Crippen LogP contribution is 2.16. The second-order valence-corrected chi connectivity index (χ2v) is 4.85. The predicted octanol–water partition coefficient (Wildman–Crippen LogP) is 3.13. The molecule has 0 fully saturated rings. The van der Waals surface area contributed by atoms with Gasteiger partial charge < -0.3 is 11.1 Å². The molecule has 2 amide bonds. The quantitative estimate of drug-likeness (QED) is 0.857. The number of nitrogens with one attached hydrogen (secondary N) is 1. The Bertz CT molecular complexity index is 673. The highest BCUT2D eigenvalue weighted by Gasteiger charge is 2.11. The largest absolute Gasteiger partial charge is 0.389 e. The molecule has 6 heteroatoms. The van der Waals surface area contributed by atoms with Crippen LogP contribution in [-0.2, 0) is 0 Å². The summed E-state index contributed by atoms with van der Waals surface area (Å²) >= 11 is 4.87. The van der Waals surface area contributed by atoms with E-state index in [4.69, 9.17) is 18.0 Å². The summed E-state index contributed by atoms with van der Waals surface area (Å²) in [5.41, 5.74) is 7.31.